The van der Waals surface area contributed by atoms with E-state index in [-0.39, 0.29) is 262 Å². The Kier molecular flexibility index (Phi) is 101. The van der Waals surface area contributed by atoms with Crippen LogP contribution < -0.4 is 0 Å². The van der Waals surface area contributed by atoms with Crippen LogP contribution in [0.25, 0.3) is 33.3 Å². The second kappa shape index (κ2) is 74.7. The molecule has 0 amide bonds. The molecule has 0 unspecified atom stereocenters. The van der Waals surface area contributed by atoms with Crippen molar-refractivity contribution < 1.29 is 262 Å². The van der Waals surface area contributed by atoms with Gasteiger partial charge in [0.1, 0.15) is 0 Å². The van der Waals surface area contributed by atoms with Crippen LogP contribution in [0.3, 0.4) is 0 Å². The second-order valence-corrected chi connectivity index (χ2v) is 13.4. The predicted molar refractivity (Wildman–Crippen MR) is 289 cm³/mol. The predicted octanol–water partition coefficient (Wildman–Crippen LogP) is 15.6. The van der Waals surface area contributed by atoms with Gasteiger partial charge in [-0.15, -0.1) is 134 Å². The fourth-order valence-electron chi connectivity index (χ4n) is 3.64. The van der Waals surface area contributed by atoms with Gasteiger partial charge < -0.3 is 137 Å². The maximum absolute atomic E-state index is 8.11. The van der Waals surface area contributed by atoms with Gasteiger partial charge in [-0.3, -0.25) is 39.9 Å². The van der Waals surface area contributed by atoms with Crippen LogP contribution in [-0.4, -0.2) is 32.9 Å². The fraction of sp³-hybridized carbons (Fsp3) is 0.258. The Morgan fingerprint density at radius 2 is 0.974 bits per heavy atom. The first-order valence-corrected chi connectivity index (χ1v) is 21.5. The monoisotopic (exact) mass is 1610 g/mol. The van der Waals surface area contributed by atoms with E-state index in [1.807, 2.05) is 138 Å². The molecule has 4 aromatic heterocycles. The number of rotatable bonds is 8. The second-order valence-electron chi connectivity index (χ2n) is 13.4. The molecule has 0 saturated carbocycles. The molecule has 4 heterocycles. The van der Waals surface area contributed by atoms with Crippen LogP contribution in [-0.2, 0) is 262 Å². The van der Waals surface area contributed by atoms with Crippen LogP contribution in [0.1, 0.15) is 139 Å². The summed E-state index contributed by atoms with van der Waals surface area (Å²) in [6, 6.07) is 31.4. The molecule has 0 spiro atoms. The van der Waals surface area contributed by atoms with Gasteiger partial charge in [0, 0.05) is 262 Å². The van der Waals surface area contributed by atoms with Crippen molar-refractivity contribution in [2.24, 2.45) is 4.99 Å². The normalized spacial score (nSPS) is 10.3. The first-order valence-electron chi connectivity index (χ1n) is 21.5. The van der Waals surface area contributed by atoms with E-state index in [0.717, 1.165) is 78.9 Å². The van der Waals surface area contributed by atoms with E-state index in [9.17, 15) is 0 Å². The van der Waals surface area contributed by atoms with Crippen LogP contribution in [0.15, 0.2) is 126 Å². The van der Waals surface area contributed by atoms with Gasteiger partial charge in [0.15, 0.2) is 0 Å². The van der Waals surface area contributed by atoms with E-state index in [1.54, 1.807) is 70.9 Å². The number of allylic oxidation sites excluding steroid dienone is 17. The summed E-state index contributed by atoms with van der Waals surface area (Å²) < 4.78 is 0. The maximum Gasteiger partial charge on any atom is 0 e. The molecule has 76 heavy (non-hydrogen) atoms. The number of benzene rings is 1. The molecule has 0 bridgehead atoms. The van der Waals surface area contributed by atoms with Crippen LogP contribution in [0, 0.1) is 85.6 Å². The van der Waals surface area contributed by atoms with Crippen molar-refractivity contribution in [1.29, 1.82) is 0 Å². The molecule has 386 valence electrons. The van der Waals surface area contributed by atoms with E-state index in [1.165, 1.54) is 6.08 Å². The Morgan fingerprint density at radius 1 is 0.487 bits per heavy atom. The van der Waals surface area contributed by atoms with Crippen LogP contribution in [0.4, 0.5) is 0 Å². The van der Waals surface area contributed by atoms with Crippen molar-refractivity contribution in [2.45, 2.75) is 111 Å². The molecule has 0 fully saturated rings. The van der Waals surface area contributed by atoms with E-state index in [0.29, 0.717) is 0 Å². The topological polar surface area (TPSA) is 86.2 Å². The Morgan fingerprint density at radius 3 is 1.29 bits per heavy atom. The third-order valence-electron chi connectivity index (χ3n) is 8.78. The molecule has 5 aromatic rings. The van der Waals surface area contributed by atoms with Crippen LogP contribution in [0.5, 0.6) is 0 Å². The number of pyridine rings is 4. The molecule has 0 aliphatic carbocycles. The van der Waals surface area contributed by atoms with Gasteiger partial charge in [0.25, 0.3) is 0 Å². The molecule has 6 nitrogen and oxygen atoms in total. The van der Waals surface area contributed by atoms with Crippen LogP contribution in [0.2, 0.25) is 0 Å². The quantitative estimate of drug-likeness (QED) is 0.0880. The van der Waals surface area contributed by atoms with Gasteiger partial charge in [0.2, 0.25) is 0 Å². The van der Waals surface area contributed by atoms with E-state index >= 15 is 0 Å². The molecule has 0 atom stereocenters. The average molecular weight is 1610 g/mol. The number of hydrogen-bond donors (Lipinski definition) is 0. The summed E-state index contributed by atoms with van der Waals surface area (Å²) in [4.78, 5) is 19.1. The maximum atomic E-state index is 8.11. The number of aliphatic imine (C=N–C) groups is 1. The van der Waals surface area contributed by atoms with Crippen molar-refractivity contribution in [2.75, 3.05) is 0 Å². The molecule has 14 heteroatoms. The van der Waals surface area contributed by atoms with Crippen molar-refractivity contribution in [3.8, 4) is 0 Å². The van der Waals surface area contributed by atoms with Crippen molar-refractivity contribution in [3.63, 3.8) is 0 Å². The van der Waals surface area contributed by atoms with E-state index in [2.05, 4.69) is 104 Å². The van der Waals surface area contributed by atoms with E-state index in [4.69, 9.17) is 18.7 Å². The first-order chi connectivity index (χ1) is 32.6. The Balaban J connectivity index is -0.0000000702. The van der Waals surface area contributed by atoms with Gasteiger partial charge in [-0.1, -0.05) is 31.7 Å². The van der Waals surface area contributed by atoms with Crippen molar-refractivity contribution >= 4 is 40.8 Å². The minimum atomic E-state index is 0. The van der Waals surface area contributed by atoms with Crippen molar-refractivity contribution in [1.82, 2.24) is 19.9 Å². The van der Waals surface area contributed by atoms with Gasteiger partial charge in [-0.25, -0.2) is 42.9 Å². The van der Waals surface area contributed by atoms with Gasteiger partial charge in [0.05, 0.1) is 0 Å². The molecule has 0 N–H and O–H groups in total. The molecular weight excluding hydrogens is 1540 g/mol. The SMILES string of the molecule is C[C-]=C(C)C=[N-].C[C-]=C(C)c1[c-]cccc1.C[C-]=C(C)c1[c-]cccn1.C[C-]=C(C)c1[c-]ccnc1.C[C-]=C(C)c1[c-]cncc1.C[C-]=C(C)c1[c-]nccc1.[CH-]=CC(C)=[C-]C.[CH-]=NC(C)=[C-]C.[Y].[Y].[Y].[Y].[Y].[Y].[Y].[Y]. The summed E-state index contributed by atoms with van der Waals surface area (Å²) in [6.07, 6.45) is 39.3. The van der Waals surface area contributed by atoms with Gasteiger partial charge >= 0.3 is 0 Å². The summed E-state index contributed by atoms with van der Waals surface area (Å²) in [5.41, 5.74) is 13.1. The van der Waals surface area contributed by atoms with Gasteiger partial charge in [-0.05, 0) is 6.20 Å². The summed E-state index contributed by atoms with van der Waals surface area (Å²) >= 11 is 0. The summed E-state index contributed by atoms with van der Waals surface area (Å²) in [6.45, 7) is 40.1. The zero-order valence-corrected chi connectivity index (χ0v) is 70.6. The average Bonchev–Trinajstić information content (AvgIpc) is 3.43. The summed E-state index contributed by atoms with van der Waals surface area (Å²) in [5, 5.41) is 8.11. The minimum Gasteiger partial charge on any atom is -0.911 e. The molecule has 1 aromatic carbocycles. The molecule has 8 radical (unpaired) electrons. The summed E-state index contributed by atoms with van der Waals surface area (Å²) in [5.74, 6) is 0. The standard InChI is InChI=1S/C10H10.4C9H9N.C6H8.2C5H7N.8Y/c1-3-9(2)10-7-5-4-6-8-10;1-3-8(2)9-4-6-10-7-5-9;2*1-3-8(2)9-5-4-6-10-7-9;1-3-8(2)9-6-4-5-7-10-9;1-4-6(3)5-2;1-4-5(2)6-3;1-3-5(2)4-6;;;;;;;;/h4-7H,1-2H3;2*4,6-7H,1-2H3;4-6H,1-2H3;4-5,7H,1-2H3;1,4H,2-3H3;3H,1-2H3;4H,1-2H3;;;;;;;;/q8*-2;;;;;;;;. The third-order valence-corrected chi connectivity index (χ3v) is 8.78. The molecule has 0 saturated heterocycles. The number of aromatic nitrogens is 4. The fourth-order valence-corrected chi connectivity index (χ4v) is 3.64. The Hall–Kier alpha value is 1.65. The summed E-state index contributed by atoms with van der Waals surface area (Å²) in [7, 11) is 0. The largest absolute Gasteiger partial charge is 0.911 e. The third kappa shape index (κ3) is 60.2. The van der Waals surface area contributed by atoms with E-state index < -0.39 is 0 Å². The zero-order chi connectivity index (χ0) is 52.0. The Bertz CT molecular complexity index is 1970. The molecule has 0 aliphatic rings. The van der Waals surface area contributed by atoms with Gasteiger partial charge in [-0.2, -0.15) is 24.9 Å². The number of hydrogen-bond acceptors (Lipinski definition) is 5. The molecule has 5 rings (SSSR count). The zero-order valence-electron chi connectivity index (χ0n) is 47.8. The minimum absolute atomic E-state index is 0. The van der Waals surface area contributed by atoms with Crippen LogP contribution >= 0.6 is 0 Å². The molecule has 0 aliphatic heterocycles. The van der Waals surface area contributed by atoms with Crippen molar-refractivity contribution in [3.05, 3.63) is 240 Å². The molecular formula is C62H68N6Y8-16. The number of nitrogens with zero attached hydrogens (tertiary/aromatic N) is 6. The first kappa shape index (κ1) is 103. The Labute approximate surface area is 665 Å². The smallest absolute Gasteiger partial charge is 0 e.